The molecule has 3 N–H and O–H groups in total. The van der Waals surface area contributed by atoms with Crippen LogP contribution in [0.15, 0.2) is 36.7 Å². The van der Waals surface area contributed by atoms with Gasteiger partial charge < -0.3 is 15.6 Å². The molecule has 1 saturated heterocycles. The fraction of sp³-hybridized carbons (Fsp3) is 0.312. The molecule has 0 amide bonds. The van der Waals surface area contributed by atoms with Crippen LogP contribution in [0, 0.1) is 5.82 Å². The van der Waals surface area contributed by atoms with Gasteiger partial charge in [-0.2, -0.15) is 0 Å². The maximum absolute atomic E-state index is 13.7. The maximum Gasteiger partial charge on any atom is 0.238 e. The molecule has 1 aliphatic rings. The molecule has 7 nitrogen and oxygen atoms in total. The zero-order valence-electron chi connectivity index (χ0n) is 13.0. The summed E-state index contributed by atoms with van der Waals surface area (Å²) in [6.07, 6.45) is 4.73. The highest BCUT2D eigenvalue weighted by Gasteiger charge is 2.13. The van der Waals surface area contributed by atoms with Gasteiger partial charge in [0.1, 0.15) is 5.52 Å². The summed E-state index contributed by atoms with van der Waals surface area (Å²) >= 11 is 0. The van der Waals surface area contributed by atoms with Crippen molar-refractivity contribution in [3.63, 3.8) is 0 Å². The van der Waals surface area contributed by atoms with Gasteiger partial charge >= 0.3 is 0 Å². The topological polar surface area (TPSA) is 98.6 Å². The quantitative estimate of drug-likeness (QED) is 0.704. The van der Waals surface area contributed by atoms with E-state index in [4.69, 9.17) is 15.6 Å². The van der Waals surface area contributed by atoms with Gasteiger partial charge in [0.25, 0.3) is 0 Å². The van der Waals surface area contributed by atoms with Gasteiger partial charge in [0.2, 0.25) is 5.95 Å². The van der Waals surface area contributed by atoms with Crippen molar-refractivity contribution in [3.05, 3.63) is 42.5 Å². The lowest BCUT2D eigenvalue weighted by Gasteiger charge is -2.15. The van der Waals surface area contributed by atoms with Crippen LogP contribution in [0.25, 0.3) is 16.9 Å². The second-order valence-corrected chi connectivity index (χ2v) is 5.38. The van der Waals surface area contributed by atoms with E-state index in [-0.39, 0.29) is 17.6 Å². The second-order valence-electron chi connectivity index (χ2n) is 5.38. The van der Waals surface area contributed by atoms with E-state index in [1.54, 1.807) is 18.3 Å². The first-order valence-electron chi connectivity index (χ1n) is 7.62. The largest absolute Gasteiger partial charge is 0.391 e. The lowest BCUT2D eigenvalue weighted by Crippen LogP contribution is -2.21. The average Bonchev–Trinajstić information content (AvgIpc) is 2.93. The summed E-state index contributed by atoms with van der Waals surface area (Å²) in [6, 6.07) is 6.76. The Balaban J connectivity index is 0.000000203. The van der Waals surface area contributed by atoms with Crippen molar-refractivity contribution < 1.29 is 14.2 Å². The molecule has 8 heteroatoms. The molecular formula is C16H18FN5O2. The van der Waals surface area contributed by atoms with E-state index in [0.29, 0.717) is 18.0 Å². The normalized spacial score (nSPS) is 17.3. The fourth-order valence-corrected chi connectivity index (χ4v) is 2.39. The van der Waals surface area contributed by atoms with Crippen molar-refractivity contribution in [3.8, 4) is 11.4 Å². The van der Waals surface area contributed by atoms with Crippen LogP contribution in [0.2, 0.25) is 0 Å². The zero-order chi connectivity index (χ0) is 16.9. The SMILES string of the molecule is Nc1ncc2c(F)cc(-c3ccccn3)n2n1.OC1CCCOC1. The van der Waals surface area contributed by atoms with Gasteiger partial charge in [-0.15, -0.1) is 5.10 Å². The van der Waals surface area contributed by atoms with Gasteiger partial charge in [0.15, 0.2) is 5.82 Å². The van der Waals surface area contributed by atoms with Crippen LogP contribution in [-0.2, 0) is 4.74 Å². The molecule has 0 radical (unpaired) electrons. The third-order valence-corrected chi connectivity index (χ3v) is 3.55. The molecule has 4 heterocycles. The first-order valence-corrected chi connectivity index (χ1v) is 7.62. The van der Waals surface area contributed by atoms with Crippen molar-refractivity contribution in [2.45, 2.75) is 18.9 Å². The number of hydrogen-bond donors (Lipinski definition) is 2. The average molecular weight is 331 g/mol. The monoisotopic (exact) mass is 331 g/mol. The minimum absolute atomic E-state index is 0.0882. The molecule has 0 bridgehead atoms. The molecule has 4 rings (SSSR count). The molecule has 0 aliphatic carbocycles. The number of nitrogens with two attached hydrogens (primary N) is 1. The van der Waals surface area contributed by atoms with Gasteiger partial charge in [-0.25, -0.2) is 13.9 Å². The number of halogens is 1. The van der Waals surface area contributed by atoms with E-state index in [1.807, 2.05) is 6.07 Å². The molecule has 0 saturated carbocycles. The summed E-state index contributed by atoms with van der Waals surface area (Å²) in [6.45, 7) is 1.37. The summed E-state index contributed by atoms with van der Waals surface area (Å²) in [5, 5.41) is 12.8. The predicted octanol–water partition coefficient (Wildman–Crippen LogP) is 1.67. The lowest BCUT2D eigenvalue weighted by molar-refractivity contribution is -0.00535. The highest BCUT2D eigenvalue weighted by atomic mass is 19.1. The number of fused-ring (bicyclic) bond motifs is 1. The van der Waals surface area contributed by atoms with Crippen LogP contribution >= 0.6 is 0 Å². The Morgan fingerprint density at radius 1 is 1.33 bits per heavy atom. The van der Waals surface area contributed by atoms with E-state index in [2.05, 4.69) is 15.1 Å². The minimum Gasteiger partial charge on any atom is -0.391 e. The third-order valence-electron chi connectivity index (χ3n) is 3.55. The van der Waals surface area contributed by atoms with E-state index in [1.165, 1.54) is 16.8 Å². The number of nitrogens with zero attached hydrogens (tertiary/aromatic N) is 4. The van der Waals surface area contributed by atoms with Crippen molar-refractivity contribution >= 4 is 11.5 Å². The number of aliphatic hydroxyl groups is 1. The number of rotatable bonds is 1. The van der Waals surface area contributed by atoms with Gasteiger partial charge in [-0.3, -0.25) is 4.98 Å². The van der Waals surface area contributed by atoms with Crippen molar-refractivity contribution in [2.24, 2.45) is 0 Å². The number of hydrogen-bond acceptors (Lipinski definition) is 6. The smallest absolute Gasteiger partial charge is 0.238 e. The number of aliphatic hydroxyl groups excluding tert-OH is 1. The summed E-state index contributed by atoms with van der Waals surface area (Å²) in [5.74, 6) is -0.309. The van der Waals surface area contributed by atoms with E-state index < -0.39 is 5.82 Å². The molecule has 1 aliphatic heterocycles. The fourth-order valence-electron chi connectivity index (χ4n) is 2.39. The van der Waals surface area contributed by atoms with Crippen molar-refractivity contribution in [1.29, 1.82) is 0 Å². The molecule has 126 valence electrons. The van der Waals surface area contributed by atoms with Gasteiger partial charge in [0, 0.05) is 18.9 Å². The second kappa shape index (κ2) is 7.33. The van der Waals surface area contributed by atoms with Crippen LogP contribution in [0.4, 0.5) is 10.3 Å². The first-order chi connectivity index (χ1) is 11.6. The Bertz CT molecular complexity index is 803. The number of ether oxygens (including phenoxy) is 1. The van der Waals surface area contributed by atoms with Crippen LogP contribution in [0.1, 0.15) is 12.8 Å². The Labute approximate surface area is 137 Å². The molecule has 1 fully saturated rings. The van der Waals surface area contributed by atoms with Crippen molar-refractivity contribution in [1.82, 2.24) is 19.6 Å². The molecule has 0 spiro atoms. The van der Waals surface area contributed by atoms with Crippen LogP contribution < -0.4 is 5.73 Å². The van der Waals surface area contributed by atoms with Gasteiger partial charge in [0.05, 0.1) is 30.3 Å². The summed E-state index contributed by atoms with van der Waals surface area (Å²) < 4.78 is 20.0. The van der Waals surface area contributed by atoms with Gasteiger partial charge in [-0.05, 0) is 25.0 Å². The van der Waals surface area contributed by atoms with Gasteiger partial charge in [-0.1, -0.05) is 6.07 Å². The molecule has 0 aromatic carbocycles. The Morgan fingerprint density at radius 3 is 2.83 bits per heavy atom. The standard InChI is InChI=1S/C11H8FN5.C5H10O2/c12-7-5-9(8-3-1-2-4-14-8)17-10(7)6-15-11(13)16-17;6-5-2-1-3-7-4-5/h1-6H,(H2,13,16);5-6H,1-4H2. The van der Waals surface area contributed by atoms with Crippen LogP contribution in [0.3, 0.4) is 0 Å². The predicted molar refractivity (Wildman–Crippen MR) is 86.6 cm³/mol. The molecule has 3 aromatic heterocycles. The minimum atomic E-state index is -0.398. The first kappa shape index (κ1) is 16.3. The highest BCUT2D eigenvalue weighted by molar-refractivity contribution is 5.64. The molecule has 3 aromatic rings. The highest BCUT2D eigenvalue weighted by Crippen LogP contribution is 2.22. The summed E-state index contributed by atoms with van der Waals surface area (Å²) in [7, 11) is 0. The van der Waals surface area contributed by atoms with E-state index in [9.17, 15) is 4.39 Å². The van der Waals surface area contributed by atoms with E-state index >= 15 is 0 Å². The van der Waals surface area contributed by atoms with Crippen LogP contribution in [-0.4, -0.2) is 44.0 Å². The zero-order valence-corrected chi connectivity index (χ0v) is 13.0. The Kier molecular flexibility index (Phi) is 4.97. The maximum atomic E-state index is 13.7. The summed E-state index contributed by atoms with van der Waals surface area (Å²) in [5.41, 5.74) is 6.95. The number of nitrogen functional groups attached to an aromatic ring is 1. The molecule has 1 atom stereocenters. The summed E-state index contributed by atoms with van der Waals surface area (Å²) in [4.78, 5) is 7.91. The third kappa shape index (κ3) is 3.66. The van der Waals surface area contributed by atoms with Crippen LogP contribution in [0.5, 0.6) is 0 Å². The molecular weight excluding hydrogens is 313 g/mol. The number of pyridine rings is 1. The molecule has 1 unspecified atom stereocenters. The Hall–Kier alpha value is -2.58. The number of anilines is 1. The van der Waals surface area contributed by atoms with Crippen molar-refractivity contribution in [2.75, 3.05) is 18.9 Å². The molecule has 24 heavy (non-hydrogen) atoms. The Morgan fingerprint density at radius 2 is 2.21 bits per heavy atom. The lowest BCUT2D eigenvalue weighted by atomic mass is 10.2. The number of aromatic nitrogens is 4. The van der Waals surface area contributed by atoms with E-state index in [0.717, 1.165) is 19.4 Å².